The Labute approximate surface area is 134 Å². The first kappa shape index (κ1) is 16.3. The molecule has 0 saturated carbocycles. The first-order chi connectivity index (χ1) is 9.93. The minimum absolute atomic E-state index is 0.134. The highest BCUT2D eigenvalue weighted by Crippen LogP contribution is 2.19. The van der Waals surface area contributed by atoms with Gasteiger partial charge in [-0.05, 0) is 36.1 Å². The first-order valence-electron chi connectivity index (χ1n) is 6.14. The summed E-state index contributed by atoms with van der Waals surface area (Å²) in [4.78, 5) is 5.09. The average molecular weight is 343 g/mol. The van der Waals surface area contributed by atoms with E-state index in [1.165, 1.54) is 22.6 Å². The summed E-state index contributed by atoms with van der Waals surface area (Å²) in [6, 6.07) is 10.7. The molecule has 0 aliphatic rings. The number of pyridine rings is 1. The molecule has 0 N–H and O–H groups in total. The fourth-order valence-corrected chi connectivity index (χ4v) is 3.39. The molecule has 1 heterocycles. The van der Waals surface area contributed by atoms with Crippen LogP contribution >= 0.6 is 23.4 Å². The molecule has 0 unspecified atom stereocenters. The van der Waals surface area contributed by atoms with Gasteiger partial charge in [-0.1, -0.05) is 23.7 Å². The van der Waals surface area contributed by atoms with Crippen LogP contribution in [0.15, 0.2) is 52.4 Å². The molecule has 0 atom stereocenters. The summed E-state index contributed by atoms with van der Waals surface area (Å²) in [7, 11) is -2.01. The van der Waals surface area contributed by atoms with E-state index in [2.05, 4.69) is 4.98 Å². The third-order valence-corrected chi connectivity index (χ3v) is 5.73. The Morgan fingerprint density at radius 1 is 1.19 bits per heavy atom. The molecule has 0 aliphatic carbocycles. The molecule has 2 rings (SSSR count). The Hall–Kier alpha value is -1.08. The SMILES string of the molecule is CSc1ccc(CN(C)S(=O)(=O)c2ccc(Cl)nc2)cc1. The Bertz CT molecular complexity index is 701. The average Bonchev–Trinajstić information content (AvgIpc) is 2.48. The second kappa shape index (κ2) is 6.79. The predicted molar refractivity (Wildman–Crippen MR) is 86.1 cm³/mol. The molecule has 2 aromatic rings. The predicted octanol–water partition coefficient (Wildman–Crippen LogP) is 3.28. The molecule has 4 nitrogen and oxygen atoms in total. The van der Waals surface area contributed by atoms with Crippen molar-refractivity contribution >= 4 is 33.4 Å². The number of hydrogen-bond donors (Lipinski definition) is 0. The second-order valence-corrected chi connectivity index (χ2v) is 7.74. The molecular formula is C14H15ClN2O2S2. The van der Waals surface area contributed by atoms with Crippen molar-refractivity contribution in [2.75, 3.05) is 13.3 Å². The number of benzene rings is 1. The van der Waals surface area contributed by atoms with Gasteiger partial charge in [-0.25, -0.2) is 13.4 Å². The lowest BCUT2D eigenvalue weighted by Crippen LogP contribution is -2.26. The molecule has 0 aliphatic heterocycles. The summed E-state index contributed by atoms with van der Waals surface area (Å²) in [6.45, 7) is 0.305. The molecule has 21 heavy (non-hydrogen) atoms. The number of sulfonamides is 1. The molecule has 1 aromatic carbocycles. The van der Waals surface area contributed by atoms with Crippen LogP contribution in [-0.4, -0.2) is 31.0 Å². The number of nitrogens with zero attached hydrogens (tertiary/aromatic N) is 2. The van der Waals surface area contributed by atoms with Crippen LogP contribution in [0.1, 0.15) is 5.56 Å². The van der Waals surface area contributed by atoms with Crippen LogP contribution in [0.4, 0.5) is 0 Å². The molecular weight excluding hydrogens is 328 g/mol. The quantitative estimate of drug-likeness (QED) is 0.618. The lowest BCUT2D eigenvalue weighted by atomic mass is 10.2. The van der Waals surface area contributed by atoms with E-state index >= 15 is 0 Å². The van der Waals surface area contributed by atoms with Crippen LogP contribution in [-0.2, 0) is 16.6 Å². The van der Waals surface area contributed by atoms with Gasteiger partial charge in [0, 0.05) is 24.7 Å². The van der Waals surface area contributed by atoms with Gasteiger partial charge >= 0.3 is 0 Å². The zero-order valence-electron chi connectivity index (χ0n) is 11.7. The van der Waals surface area contributed by atoms with E-state index in [1.807, 2.05) is 30.5 Å². The van der Waals surface area contributed by atoms with E-state index in [4.69, 9.17) is 11.6 Å². The smallest absolute Gasteiger partial charge is 0.243 e. The van der Waals surface area contributed by atoms with Crippen LogP contribution in [0.3, 0.4) is 0 Å². The fraction of sp³-hybridized carbons (Fsp3) is 0.214. The highest BCUT2D eigenvalue weighted by Gasteiger charge is 2.21. The molecule has 0 radical (unpaired) electrons. The Kier molecular flexibility index (Phi) is 5.27. The highest BCUT2D eigenvalue weighted by molar-refractivity contribution is 7.98. The van der Waals surface area contributed by atoms with Gasteiger partial charge in [-0.15, -0.1) is 11.8 Å². The van der Waals surface area contributed by atoms with E-state index < -0.39 is 10.0 Å². The van der Waals surface area contributed by atoms with Crippen molar-refractivity contribution in [3.63, 3.8) is 0 Å². The lowest BCUT2D eigenvalue weighted by molar-refractivity contribution is 0.466. The molecule has 7 heteroatoms. The topological polar surface area (TPSA) is 50.3 Å². The van der Waals surface area contributed by atoms with Gasteiger partial charge in [0.1, 0.15) is 10.0 Å². The van der Waals surface area contributed by atoms with Crippen LogP contribution < -0.4 is 0 Å². The van der Waals surface area contributed by atoms with E-state index in [1.54, 1.807) is 18.8 Å². The first-order valence-corrected chi connectivity index (χ1v) is 9.18. The fourth-order valence-electron chi connectivity index (χ4n) is 1.77. The van der Waals surface area contributed by atoms with Crippen LogP contribution in [0.25, 0.3) is 0 Å². The number of halogens is 1. The Balaban J connectivity index is 2.17. The molecule has 0 spiro atoms. The van der Waals surface area contributed by atoms with Gasteiger partial charge < -0.3 is 0 Å². The highest BCUT2D eigenvalue weighted by atomic mass is 35.5. The molecule has 0 saturated heterocycles. The number of rotatable bonds is 5. The van der Waals surface area contributed by atoms with Gasteiger partial charge in [-0.2, -0.15) is 4.31 Å². The summed E-state index contributed by atoms with van der Waals surface area (Å²) in [5, 5.41) is 0.268. The van der Waals surface area contributed by atoms with Crippen LogP contribution in [0.2, 0.25) is 5.15 Å². The molecule has 112 valence electrons. The third kappa shape index (κ3) is 3.97. The lowest BCUT2D eigenvalue weighted by Gasteiger charge is -2.17. The number of thioether (sulfide) groups is 1. The van der Waals surface area contributed by atoms with E-state index in [0.717, 1.165) is 10.5 Å². The largest absolute Gasteiger partial charge is 0.244 e. The maximum Gasteiger partial charge on any atom is 0.244 e. The maximum absolute atomic E-state index is 12.4. The van der Waals surface area contributed by atoms with E-state index in [0.29, 0.717) is 6.54 Å². The molecule has 0 fully saturated rings. The Morgan fingerprint density at radius 2 is 1.86 bits per heavy atom. The maximum atomic E-state index is 12.4. The second-order valence-electron chi connectivity index (χ2n) is 4.43. The summed E-state index contributed by atoms with van der Waals surface area (Å²) < 4.78 is 26.1. The van der Waals surface area contributed by atoms with Gasteiger partial charge in [-0.3, -0.25) is 0 Å². The van der Waals surface area contributed by atoms with Crippen molar-refractivity contribution in [1.29, 1.82) is 0 Å². The van der Waals surface area contributed by atoms with Crippen molar-refractivity contribution in [2.45, 2.75) is 16.3 Å². The van der Waals surface area contributed by atoms with Crippen molar-refractivity contribution in [1.82, 2.24) is 9.29 Å². The monoisotopic (exact) mass is 342 g/mol. The number of hydrogen-bond acceptors (Lipinski definition) is 4. The molecule has 0 amide bonds. The van der Waals surface area contributed by atoms with Crippen LogP contribution in [0.5, 0.6) is 0 Å². The third-order valence-electron chi connectivity index (χ3n) is 2.97. The van der Waals surface area contributed by atoms with Gasteiger partial charge in [0.2, 0.25) is 10.0 Å². The molecule has 1 aromatic heterocycles. The Morgan fingerprint density at radius 3 is 2.38 bits per heavy atom. The van der Waals surface area contributed by atoms with Gasteiger partial charge in [0.15, 0.2) is 0 Å². The normalized spacial score (nSPS) is 11.8. The summed E-state index contributed by atoms with van der Waals surface area (Å²) in [5.41, 5.74) is 0.931. The zero-order chi connectivity index (χ0) is 15.5. The summed E-state index contributed by atoms with van der Waals surface area (Å²) in [5.74, 6) is 0. The van der Waals surface area contributed by atoms with Gasteiger partial charge in [0.25, 0.3) is 0 Å². The minimum Gasteiger partial charge on any atom is -0.243 e. The minimum atomic E-state index is -3.56. The van der Waals surface area contributed by atoms with Crippen molar-refractivity contribution in [3.8, 4) is 0 Å². The van der Waals surface area contributed by atoms with Crippen molar-refractivity contribution in [2.24, 2.45) is 0 Å². The van der Waals surface area contributed by atoms with Gasteiger partial charge in [0.05, 0.1) is 0 Å². The van der Waals surface area contributed by atoms with Crippen LogP contribution in [0, 0.1) is 0 Å². The van der Waals surface area contributed by atoms with Crippen molar-refractivity contribution in [3.05, 3.63) is 53.3 Å². The summed E-state index contributed by atoms with van der Waals surface area (Å²) >= 11 is 7.33. The van der Waals surface area contributed by atoms with E-state index in [-0.39, 0.29) is 10.0 Å². The molecule has 0 bridgehead atoms. The van der Waals surface area contributed by atoms with E-state index in [9.17, 15) is 8.42 Å². The zero-order valence-corrected chi connectivity index (χ0v) is 14.0. The summed E-state index contributed by atoms with van der Waals surface area (Å²) in [6.07, 6.45) is 3.27. The van der Waals surface area contributed by atoms with Crippen molar-refractivity contribution < 1.29 is 8.42 Å². The standard InChI is InChI=1S/C14H15ClN2O2S2/c1-17(10-11-3-5-12(20-2)6-4-11)21(18,19)13-7-8-14(15)16-9-13/h3-9H,10H2,1-2H3. The number of aromatic nitrogens is 1.